The lowest BCUT2D eigenvalue weighted by molar-refractivity contribution is 0.642. The summed E-state index contributed by atoms with van der Waals surface area (Å²) >= 11 is 2.10. The molecular weight excluding hydrogens is 130 g/mol. The maximum atomic E-state index is 3.54. The van der Waals surface area contributed by atoms with Gasteiger partial charge in [-0.3, -0.25) is 0 Å². The van der Waals surface area contributed by atoms with Crippen molar-refractivity contribution in [3.05, 3.63) is 0 Å². The Labute approximate surface area is 60.6 Å². The van der Waals surface area contributed by atoms with Crippen molar-refractivity contribution in [2.24, 2.45) is 5.92 Å². The molecule has 0 bridgehead atoms. The highest BCUT2D eigenvalue weighted by molar-refractivity contribution is 7.99. The van der Waals surface area contributed by atoms with E-state index in [0.29, 0.717) is 0 Å². The topological polar surface area (TPSA) is 12.0 Å². The van der Waals surface area contributed by atoms with Crippen molar-refractivity contribution < 1.29 is 0 Å². The van der Waals surface area contributed by atoms with Crippen LogP contribution in [0.2, 0.25) is 0 Å². The zero-order chi connectivity index (χ0) is 6.10. The number of rotatable bonds is 0. The first-order valence-corrected chi connectivity index (χ1v) is 4.93. The summed E-state index contributed by atoms with van der Waals surface area (Å²) < 4.78 is 0. The molecule has 0 spiro atoms. The Bertz CT molecular complexity index is 93.1. The van der Waals surface area contributed by atoms with E-state index in [4.69, 9.17) is 0 Å². The molecule has 1 aliphatic heterocycles. The van der Waals surface area contributed by atoms with Gasteiger partial charge in [-0.25, -0.2) is 0 Å². The molecule has 1 saturated heterocycles. The molecule has 1 saturated carbocycles. The SMILES string of the molecule is C1CSCCC2CC2N1. The highest BCUT2D eigenvalue weighted by Gasteiger charge is 2.36. The Morgan fingerprint density at radius 3 is 3.33 bits per heavy atom. The second-order valence-electron chi connectivity index (χ2n) is 2.96. The van der Waals surface area contributed by atoms with Gasteiger partial charge in [0.15, 0.2) is 0 Å². The van der Waals surface area contributed by atoms with Crippen LogP contribution in [0, 0.1) is 5.92 Å². The third-order valence-electron chi connectivity index (χ3n) is 2.21. The van der Waals surface area contributed by atoms with E-state index in [0.717, 1.165) is 12.0 Å². The molecule has 0 radical (unpaired) electrons. The second-order valence-corrected chi connectivity index (χ2v) is 4.18. The van der Waals surface area contributed by atoms with Gasteiger partial charge < -0.3 is 5.32 Å². The summed E-state index contributed by atoms with van der Waals surface area (Å²) in [6.45, 7) is 1.24. The minimum atomic E-state index is 0.922. The Balaban J connectivity index is 1.81. The summed E-state index contributed by atoms with van der Waals surface area (Å²) in [6, 6.07) is 0.922. The summed E-state index contributed by atoms with van der Waals surface area (Å²) in [6.07, 6.45) is 2.92. The average molecular weight is 143 g/mol. The molecule has 2 heteroatoms. The number of fused-ring (bicyclic) bond motifs is 1. The largest absolute Gasteiger partial charge is 0.313 e. The third kappa shape index (κ3) is 1.41. The van der Waals surface area contributed by atoms with Crippen LogP contribution in [0.3, 0.4) is 0 Å². The van der Waals surface area contributed by atoms with Crippen LogP contribution in [0.5, 0.6) is 0 Å². The van der Waals surface area contributed by atoms with Gasteiger partial charge in [0.05, 0.1) is 0 Å². The highest BCUT2D eigenvalue weighted by atomic mass is 32.2. The summed E-state index contributed by atoms with van der Waals surface area (Å²) in [5, 5.41) is 3.54. The summed E-state index contributed by atoms with van der Waals surface area (Å²) in [7, 11) is 0. The lowest BCUT2D eigenvalue weighted by atomic mass is 10.3. The molecule has 0 amide bonds. The van der Waals surface area contributed by atoms with Crippen LogP contribution < -0.4 is 5.32 Å². The first-order valence-electron chi connectivity index (χ1n) is 3.78. The summed E-state index contributed by atoms with van der Waals surface area (Å²) in [4.78, 5) is 0. The van der Waals surface area contributed by atoms with Crippen LogP contribution in [0.25, 0.3) is 0 Å². The molecule has 2 fully saturated rings. The fourth-order valence-electron chi connectivity index (χ4n) is 1.47. The zero-order valence-electron chi connectivity index (χ0n) is 5.60. The first-order chi connectivity index (χ1) is 4.47. The van der Waals surface area contributed by atoms with E-state index in [1.807, 2.05) is 0 Å². The summed E-state index contributed by atoms with van der Waals surface area (Å²) in [5.74, 6) is 3.78. The minimum absolute atomic E-state index is 0.922. The number of thioether (sulfide) groups is 1. The van der Waals surface area contributed by atoms with Crippen LogP contribution in [0.4, 0.5) is 0 Å². The lowest BCUT2D eigenvalue weighted by Gasteiger charge is -2.07. The fourth-order valence-corrected chi connectivity index (χ4v) is 2.41. The van der Waals surface area contributed by atoms with Gasteiger partial charge in [-0.2, -0.15) is 11.8 Å². The maximum Gasteiger partial charge on any atom is 0.00997 e. The van der Waals surface area contributed by atoms with Gasteiger partial charge in [-0.1, -0.05) is 0 Å². The van der Waals surface area contributed by atoms with E-state index in [1.165, 1.54) is 30.9 Å². The lowest BCUT2D eigenvalue weighted by Crippen LogP contribution is -2.22. The molecule has 2 unspecified atom stereocenters. The number of hydrogen-bond acceptors (Lipinski definition) is 2. The smallest absolute Gasteiger partial charge is 0.00997 e. The minimum Gasteiger partial charge on any atom is -0.313 e. The monoisotopic (exact) mass is 143 g/mol. The van der Waals surface area contributed by atoms with E-state index in [1.54, 1.807) is 0 Å². The zero-order valence-corrected chi connectivity index (χ0v) is 6.41. The highest BCUT2D eigenvalue weighted by Crippen LogP contribution is 2.35. The Morgan fingerprint density at radius 2 is 2.33 bits per heavy atom. The molecule has 1 N–H and O–H groups in total. The van der Waals surface area contributed by atoms with Crippen molar-refractivity contribution in [1.29, 1.82) is 0 Å². The van der Waals surface area contributed by atoms with Crippen LogP contribution in [0.1, 0.15) is 12.8 Å². The molecule has 1 aliphatic carbocycles. The molecule has 52 valence electrons. The van der Waals surface area contributed by atoms with Crippen molar-refractivity contribution in [2.45, 2.75) is 18.9 Å². The molecule has 2 atom stereocenters. The molecule has 9 heavy (non-hydrogen) atoms. The number of nitrogens with one attached hydrogen (secondary N) is 1. The van der Waals surface area contributed by atoms with Gasteiger partial charge in [-0.05, 0) is 24.5 Å². The van der Waals surface area contributed by atoms with E-state index in [-0.39, 0.29) is 0 Å². The van der Waals surface area contributed by atoms with Gasteiger partial charge in [0.1, 0.15) is 0 Å². The Morgan fingerprint density at radius 1 is 1.33 bits per heavy atom. The molecule has 0 aromatic carbocycles. The van der Waals surface area contributed by atoms with Gasteiger partial charge in [0, 0.05) is 18.3 Å². The normalized spacial score (nSPS) is 42.7. The standard InChI is InChI=1S/C7H13NS/c1-3-9-4-2-8-7-5-6(1)7/h6-8H,1-5H2. The number of hydrogen-bond donors (Lipinski definition) is 1. The third-order valence-corrected chi connectivity index (χ3v) is 3.23. The van der Waals surface area contributed by atoms with Crippen molar-refractivity contribution >= 4 is 11.8 Å². The van der Waals surface area contributed by atoms with Crippen LogP contribution in [0.15, 0.2) is 0 Å². The molecule has 2 aliphatic rings. The van der Waals surface area contributed by atoms with Crippen molar-refractivity contribution in [2.75, 3.05) is 18.1 Å². The van der Waals surface area contributed by atoms with Crippen molar-refractivity contribution in [3.63, 3.8) is 0 Å². The summed E-state index contributed by atoms with van der Waals surface area (Å²) in [5.41, 5.74) is 0. The predicted octanol–water partition coefficient (Wildman–Crippen LogP) is 1.10. The van der Waals surface area contributed by atoms with E-state index >= 15 is 0 Å². The molecule has 0 aromatic heterocycles. The van der Waals surface area contributed by atoms with Crippen LogP contribution in [-0.2, 0) is 0 Å². The molecule has 1 nitrogen and oxygen atoms in total. The second kappa shape index (κ2) is 2.51. The van der Waals surface area contributed by atoms with E-state index < -0.39 is 0 Å². The average Bonchev–Trinajstić information content (AvgIpc) is 2.46. The quantitative estimate of drug-likeness (QED) is 0.545. The van der Waals surface area contributed by atoms with Gasteiger partial charge >= 0.3 is 0 Å². The molecule has 1 heterocycles. The van der Waals surface area contributed by atoms with Crippen molar-refractivity contribution in [1.82, 2.24) is 5.32 Å². The first kappa shape index (κ1) is 6.05. The Hall–Kier alpha value is 0.310. The van der Waals surface area contributed by atoms with Gasteiger partial charge in [0.2, 0.25) is 0 Å². The maximum absolute atomic E-state index is 3.54. The van der Waals surface area contributed by atoms with Gasteiger partial charge in [0.25, 0.3) is 0 Å². The molecular formula is C7H13NS. The fraction of sp³-hybridized carbons (Fsp3) is 1.00. The Kier molecular flexibility index (Phi) is 1.68. The van der Waals surface area contributed by atoms with Crippen molar-refractivity contribution in [3.8, 4) is 0 Å². The van der Waals surface area contributed by atoms with E-state index in [9.17, 15) is 0 Å². The van der Waals surface area contributed by atoms with E-state index in [2.05, 4.69) is 17.1 Å². The van der Waals surface area contributed by atoms with Gasteiger partial charge in [-0.15, -0.1) is 0 Å². The van der Waals surface area contributed by atoms with Crippen LogP contribution >= 0.6 is 11.8 Å². The molecule has 0 aromatic rings. The molecule has 2 rings (SSSR count). The predicted molar refractivity (Wildman–Crippen MR) is 41.8 cm³/mol. The van der Waals surface area contributed by atoms with Crippen LogP contribution in [-0.4, -0.2) is 24.1 Å².